The molecule has 0 spiro atoms. The second-order valence-electron chi connectivity index (χ2n) is 7.03. The van der Waals surface area contributed by atoms with E-state index in [4.69, 9.17) is 0 Å². The average Bonchev–Trinajstić information content (AvgIpc) is 2.80. The van der Waals surface area contributed by atoms with Crippen LogP contribution in [0.4, 0.5) is 11.6 Å². The van der Waals surface area contributed by atoms with E-state index in [-0.39, 0.29) is 17.2 Å². The van der Waals surface area contributed by atoms with Gasteiger partial charge >= 0.3 is 0 Å². The van der Waals surface area contributed by atoms with Crippen LogP contribution in [0.25, 0.3) is 0 Å². The number of nitrogens with one attached hydrogen (secondary N) is 2. The van der Waals surface area contributed by atoms with Crippen LogP contribution in [0.2, 0.25) is 0 Å². The van der Waals surface area contributed by atoms with Crippen molar-refractivity contribution < 1.29 is 10.2 Å². The van der Waals surface area contributed by atoms with Gasteiger partial charge in [-0.25, -0.2) is 4.98 Å². The largest absolute Gasteiger partial charge is 0.505 e. The number of aromatic nitrogens is 2. The molecular formula is C19H30N4O2. The molecule has 0 fully saturated rings. The fourth-order valence-corrected chi connectivity index (χ4v) is 2.95. The summed E-state index contributed by atoms with van der Waals surface area (Å²) in [6, 6.07) is 1.84. The highest BCUT2D eigenvalue weighted by Crippen LogP contribution is 2.39. The van der Waals surface area contributed by atoms with Crippen molar-refractivity contribution >= 4 is 11.6 Å². The second-order valence-corrected chi connectivity index (χ2v) is 7.03. The molecule has 25 heavy (non-hydrogen) atoms. The molecule has 6 heteroatoms. The van der Waals surface area contributed by atoms with Gasteiger partial charge in [0.15, 0.2) is 0 Å². The maximum atomic E-state index is 10.6. The van der Waals surface area contributed by atoms with E-state index < -0.39 is 0 Å². The van der Waals surface area contributed by atoms with Crippen molar-refractivity contribution in [3.05, 3.63) is 28.6 Å². The number of hydrogen-bond donors (Lipinski definition) is 4. The number of benzene rings is 1. The van der Waals surface area contributed by atoms with Gasteiger partial charge in [0.05, 0.1) is 5.69 Å². The molecule has 0 unspecified atom stereocenters. The molecule has 2 aromatic rings. The van der Waals surface area contributed by atoms with Gasteiger partial charge in [-0.15, -0.1) is 0 Å². The lowest BCUT2D eigenvalue weighted by Crippen LogP contribution is -2.15. The predicted molar refractivity (Wildman–Crippen MR) is 102 cm³/mol. The minimum Gasteiger partial charge on any atom is -0.505 e. The quantitative estimate of drug-likeness (QED) is 0.445. The molecular weight excluding hydrogens is 316 g/mol. The molecule has 2 rings (SSSR count). The molecule has 0 saturated heterocycles. The van der Waals surface area contributed by atoms with Gasteiger partial charge in [-0.3, -0.25) is 10.9 Å². The van der Waals surface area contributed by atoms with Gasteiger partial charge in [0.2, 0.25) is 5.95 Å². The van der Waals surface area contributed by atoms with Gasteiger partial charge in [0.25, 0.3) is 0 Å². The van der Waals surface area contributed by atoms with Gasteiger partial charge in [0.1, 0.15) is 17.2 Å². The summed E-state index contributed by atoms with van der Waals surface area (Å²) in [4.78, 5) is 4.52. The van der Waals surface area contributed by atoms with Crippen LogP contribution in [-0.2, 0) is 13.0 Å². The molecule has 138 valence electrons. The molecule has 0 saturated carbocycles. The number of anilines is 2. The first-order valence-electron chi connectivity index (χ1n) is 8.86. The van der Waals surface area contributed by atoms with Gasteiger partial charge in [0, 0.05) is 12.2 Å². The van der Waals surface area contributed by atoms with Crippen LogP contribution in [0.1, 0.15) is 49.7 Å². The number of rotatable bonds is 7. The van der Waals surface area contributed by atoms with E-state index in [0.717, 1.165) is 41.9 Å². The normalized spacial score (nSPS) is 11.2. The lowest BCUT2D eigenvalue weighted by atomic mass is 9.98. The molecule has 0 aliphatic heterocycles. The van der Waals surface area contributed by atoms with E-state index in [1.165, 1.54) is 0 Å². The lowest BCUT2D eigenvalue weighted by molar-refractivity contribution is 0.444. The summed E-state index contributed by atoms with van der Waals surface area (Å²) in [7, 11) is 0. The number of hydrogen-bond acceptors (Lipinski definition) is 5. The van der Waals surface area contributed by atoms with Crippen molar-refractivity contribution in [2.24, 2.45) is 5.92 Å². The zero-order chi connectivity index (χ0) is 18.7. The highest BCUT2D eigenvalue weighted by atomic mass is 16.3. The van der Waals surface area contributed by atoms with E-state index in [9.17, 15) is 10.2 Å². The molecule has 0 amide bonds. The fraction of sp³-hybridized carbons (Fsp3) is 0.526. The zero-order valence-electron chi connectivity index (χ0n) is 16.1. The first-order chi connectivity index (χ1) is 11.8. The number of aromatic hydroxyl groups is 2. The standard InChI is InChI=1S/C19H30N4O2/c1-7-8-23-14(6)13(5)20-19(23)22-21-16-17(24)12(4)10-15(18(16)25)9-11(2)3/h10-11,21,24-25H,7-9H2,1-6H3,(H,20,22). The molecule has 0 atom stereocenters. The summed E-state index contributed by atoms with van der Waals surface area (Å²) in [5, 5.41) is 20.9. The topological polar surface area (TPSA) is 82.3 Å². The van der Waals surface area contributed by atoms with Crippen molar-refractivity contribution in [1.29, 1.82) is 0 Å². The minimum atomic E-state index is 0.0412. The van der Waals surface area contributed by atoms with Crippen molar-refractivity contribution in [3.8, 4) is 11.5 Å². The number of nitrogens with zero attached hydrogens (tertiary/aromatic N) is 2. The number of hydrazine groups is 1. The second kappa shape index (κ2) is 7.68. The molecule has 0 radical (unpaired) electrons. The predicted octanol–water partition coefficient (Wildman–Crippen LogP) is 4.27. The van der Waals surface area contributed by atoms with Crippen molar-refractivity contribution in [2.45, 2.75) is 60.9 Å². The van der Waals surface area contributed by atoms with Crippen LogP contribution in [0, 0.1) is 26.7 Å². The molecule has 6 nitrogen and oxygen atoms in total. The smallest absolute Gasteiger partial charge is 0.222 e. The van der Waals surface area contributed by atoms with Gasteiger partial charge in [-0.2, -0.15) is 0 Å². The van der Waals surface area contributed by atoms with Crippen molar-refractivity contribution in [3.63, 3.8) is 0 Å². The van der Waals surface area contributed by atoms with E-state index in [1.807, 2.05) is 26.8 Å². The van der Waals surface area contributed by atoms with Crippen LogP contribution in [-0.4, -0.2) is 19.8 Å². The van der Waals surface area contributed by atoms with Gasteiger partial charge < -0.3 is 14.8 Å². The first-order valence-corrected chi connectivity index (χ1v) is 8.86. The molecule has 0 aliphatic rings. The Bertz CT molecular complexity index is 751. The number of phenolic OH excluding ortho intramolecular Hbond substituents is 2. The highest BCUT2D eigenvalue weighted by molar-refractivity contribution is 5.71. The minimum absolute atomic E-state index is 0.0412. The number of phenols is 2. The summed E-state index contributed by atoms with van der Waals surface area (Å²) < 4.78 is 2.08. The Balaban J connectivity index is 2.32. The van der Waals surface area contributed by atoms with E-state index in [2.05, 4.69) is 41.2 Å². The summed E-state index contributed by atoms with van der Waals surface area (Å²) >= 11 is 0. The van der Waals surface area contributed by atoms with Crippen LogP contribution in [0.3, 0.4) is 0 Å². The zero-order valence-corrected chi connectivity index (χ0v) is 16.1. The molecule has 0 bridgehead atoms. The van der Waals surface area contributed by atoms with E-state index >= 15 is 0 Å². The van der Waals surface area contributed by atoms with Crippen LogP contribution in [0.5, 0.6) is 11.5 Å². The summed E-state index contributed by atoms with van der Waals surface area (Å²) in [6.45, 7) is 13.0. The van der Waals surface area contributed by atoms with E-state index in [0.29, 0.717) is 11.9 Å². The van der Waals surface area contributed by atoms with Gasteiger partial charge in [-0.05, 0) is 56.7 Å². The third-order valence-electron chi connectivity index (χ3n) is 4.37. The Labute approximate surface area is 149 Å². The Morgan fingerprint density at radius 2 is 1.80 bits per heavy atom. The van der Waals surface area contributed by atoms with Crippen molar-refractivity contribution in [2.75, 3.05) is 10.9 Å². The lowest BCUT2D eigenvalue weighted by Gasteiger charge is -2.18. The fourth-order valence-electron chi connectivity index (χ4n) is 2.95. The van der Waals surface area contributed by atoms with Crippen LogP contribution < -0.4 is 10.9 Å². The third kappa shape index (κ3) is 4.00. The molecule has 1 aromatic heterocycles. The Morgan fingerprint density at radius 1 is 1.12 bits per heavy atom. The number of imidazole rings is 1. The summed E-state index contributed by atoms with van der Waals surface area (Å²) in [5.41, 5.74) is 9.89. The monoisotopic (exact) mass is 346 g/mol. The third-order valence-corrected chi connectivity index (χ3v) is 4.37. The Morgan fingerprint density at radius 3 is 2.40 bits per heavy atom. The van der Waals surface area contributed by atoms with Crippen molar-refractivity contribution in [1.82, 2.24) is 9.55 Å². The maximum absolute atomic E-state index is 10.6. The Kier molecular flexibility index (Phi) is 5.82. The molecule has 1 aromatic carbocycles. The summed E-state index contributed by atoms with van der Waals surface area (Å²) in [6.07, 6.45) is 1.73. The first kappa shape index (κ1) is 19.0. The maximum Gasteiger partial charge on any atom is 0.222 e. The van der Waals surface area contributed by atoms with Gasteiger partial charge in [-0.1, -0.05) is 20.8 Å². The van der Waals surface area contributed by atoms with Crippen LogP contribution >= 0.6 is 0 Å². The Hall–Kier alpha value is -2.37. The molecule has 0 aliphatic carbocycles. The SMILES string of the molecule is CCCn1c(NNc2c(O)c(C)cc(CC(C)C)c2O)nc(C)c1C. The molecule has 4 N–H and O–H groups in total. The average molecular weight is 346 g/mol. The van der Waals surface area contributed by atoms with E-state index in [1.54, 1.807) is 0 Å². The molecule has 1 heterocycles. The highest BCUT2D eigenvalue weighted by Gasteiger charge is 2.17. The number of aryl methyl sites for hydroxylation is 2. The summed E-state index contributed by atoms with van der Waals surface area (Å²) in [5.74, 6) is 1.19. The van der Waals surface area contributed by atoms with Crippen LogP contribution in [0.15, 0.2) is 6.07 Å².